The summed E-state index contributed by atoms with van der Waals surface area (Å²) in [6.07, 6.45) is 0.896. The number of Topliss-reactive ketones (excluding diaryl/α,β-unsaturated/α-hetero) is 1. The van der Waals surface area contributed by atoms with E-state index in [2.05, 4.69) is 4.90 Å². The highest BCUT2D eigenvalue weighted by Crippen LogP contribution is 2.46. The van der Waals surface area contributed by atoms with Gasteiger partial charge in [0, 0.05) is 29.4 Å². The maximum Gasteiger partial charge on any atom is 0.293 e. The van der Waals surface area contributed by atoms with Crippen LogP contribution in [0.2, 0.25) is 5.02 Å². The fourth-order valence-electron chi connectivity index (χ4n) is 4.07. The highest BCUT2D eigenvalue weighted by molar-refractivity contribution is 7.21. The Balaban J connectivity index is 1.44. The highest BCUT2D eigenvalue weighted by atomic mass is 35.5. The zero-order valence-corrected chi connectivity index (χ0v) is 20.9. The van der Waals surface area contributed by atoms with Gasteiger partial charge in [0.25, 0.3) is 5.66 Å². The lowest BCUT2D eigenvalue weighted by Crippen LogP contribution is -2.22. The Kier molecular flexibility index (Phi) is 7.49. The first-order chi connectivity index (χ1) is 15.7. The molecule has 3 aromatic rings. The number of carbonyl (C=O) groups excluding carboxylic acids is 1. The number of benzene rings is 2. The standard InChI is InChI=1S/C25H25ClF2NO2PS/c1-16(30)19-9-10-29(14-19)13-17-7-8-23(22(26)11-17)31-15-20-12-21(18-5-3-2-4-6-18)24(33-20)25(27,28)32/h2-8,11-12,19H,9-10,13-15,32H2,1H3. The van der Waals surface area contributed by atoms with Gasteiger partial charge in [-0.25, -0.2) is 0 Å². The number of ether oxygens (including phenoxy) is 1. The van der Waals surface area contributed by atoms with Crippen LogP contribution in [0, 0.1) is 5.92 Å². The second-order valence-electron chi connectivity index (χ2n) is 8.33. The number of alkyl halides is 2. The fraction of sp³-hybridized carbons (Fsp3) is 0.320. The molecule has 0 bridgehead atoms. The molecule has 8 heteroatoms. The van der Waals surface area contributed by atoms with Crippen LogP contribution in [0.3, 0.4) is 0 Å². The van der Waals surface area contributed by atoms with E-state index in [1.807, 2.05) is 48.5 Å². The average molecular weight is 508 g/mol. The van der Waals surface area contributed by atoms with Crippen LogP contribution in [0.15, 0.2) is 54.6 Å². The molecule has 0 radical (unpaired) electrons. The van der Waals surface area contributed by atoms with E-state index in [0.29, 0.717) is 21.2 Å². The van der Waals surface area contributed by atoms with Crippen LogP contribution < -0.4 is 4.74 Å². The van der Waals surface area contributed by atoms with Gasteiger partial charge in [-0.15, -0.1) is 11.3 Å². The third kappa shape index (κ3) is 5.99. The normalized spacial score (nSPS) is 16.8. The van der Waals surface area contributed by atoms with E-state index in [-0.39, 0.29) is 23.2 Å². The molecule has 1 aromatic heterocycles. The molecule has 0 N–H and O–H groups in total. The molecular formula is C25H25ClF2NO2PS. The lowest BCUT2D eigenvalue weighted by Gasteiger charge is -2.16. The molecule has 2 aromatic carbocycles. The number of hydrogen-bond donors (Lipinski definition) is 0. The molecule has 33 heavy (non-hydrogen) atoms. The second kappa shape index (κ2) is 10.2. The maximum absolute atomic E-state index is 14.2. The van der Waals surface area contributed by atoms with Crippen LogP contribution >= 0.6 is 32.2 Å². The van der Waals surface area contributed by atoms with Crippen molar-refractivity contribution in [2.45, 2.75) is 32.2 Å². The molecule has 2 heterocycles. The van der Waals surface area contributed by atoms with Crippen LogP contribution in [-0.2, 0) is 23.6 Å². The molecule has 174 valence electrons. The van der Waals surface area contributed by atoms with Crippen LogP contribution in [0.25, 0.3) is 11.1 Å². The van der Waals surface area contributed by atoms with E-state index in [4.69, 9.17) is 16.3 Å². The van der Waals surface area contributed by atoms with Crippen LogP contribution in [0.1, 0.15) is 28.7 Å². The summed E-state index contributed by atoms with van der Waals surface area (Å²) in [4.78, 5) is 14.5. The number of rotatable bonds is 8. The van der Waals surface area contributed by atoms with Gasteiger partial charge in [-0.2, -0.15) is 8.78 Å². The van der Waals surface area contributed by atoms with Crippen molar-refractivity contribution in [3.8, 4) is 16.9 Å². The van der Waals surface area contributed by atoms with Gasteiger partial charge in [0.2, 0.25) is 0 Å². The molecule has 0 spiro atoms. The molecule has 1 saturated heterocycles. The van der Waals surface area contributed by atoms with Crippen molar-refractivity contribution in [3.63, 3.8) is 0 Å². The first-order valence-corrected chi connectivity index (χ1v) is 12.5. The van der Waals surface area contributed by atoms with E-state index in [0.717, 1.165) is 48.5 Å². The molecule has 0 aliphatic carbocycles. The van der Waals surface area contributed by atoms with Crippen molar-refractivity contribution in [1.82, 2.24) is 4.90 Å². The maximum atomic E-state index is 14.2. The number of halogens is 3. The summed E-state index contributed by atoms with van der Waals surface area (Å²) in [6.45, 7) is 4.19. The Morgan fingerprint density at radius 1 is 1.24 bits per heavy atom. The lowest BCUT2D eigenvalue weighted by molar-refractivity contribution is -0.120. The topological polar surface area (TPSA) is 29.5 Å². The summed E-state index contributed by atoms with van der Waals surface area (Å²) in [5.74, 6) is 0.872. The zero-order valence-electron chi connectivity index (χ0n) is 18.2. The number of thiophene rings is 1. The molecule has 4 rings (SSSR count). The largest absolute Gasteiger partial charge is 0.487 e. The lowest BCUT2D eigenvalue weighted by atomic mass is 10.1. The molecule has 0 amide bonds. The van der Waals surface area contributed by atoms with E-state index in [1.165, 1.54) is 0 Å². The first kappa shape index (κ1) is 24.3. The number of ketones is 1. The molecule has 0 saturated carbocycles. The quantitative estimate of drug-likeness (QED) is 0.308. The summed E-state index contributed by atoms with van der Waals surface area (Å²) in [5, 5.41) is 0.478. The molecule has 2 atom stereocenters. The van der Waals surface area contributed by atoms with Gasteiger partial charge in [0.1, 0.15) is 18.1 Å². The average Bonchev–Trinajstić information content (AvgIpc) is 3.41. The Morgan fingerprint density at radius 3 is 2.64 bits per heavy atom. The number of likely N-dealkylation sites (tertiary alicyclic amines) is 1. The zero-order chi connectivity index (χ0) is 23.6. The molecule has 1 aliphatic heterocycles. The van der Waals surface area contributed by atoms with Crippen molar-refractivity contribution >= 4 is 38.0 Å². The third-order valence-corrected chi connectivity index (χ3v) is 7.78. The minimum absolute atomic E-state index is 0.00627. The Morgan fingerprint density at radius 2 is 2.00 bits per heavy atom. The van der Waals surface area contributed by atoms with Gasteiger partial charge >= 0.3 is 0 Å². The predicted octanol–water partition coefficient (Wildman–Crippen LogP) is 6.98. The van der Waals surface area contributed by atoms with Crippen LogP contribution in [0.4, 0.5) is 8.78 Å². The Hall–Kier alpha value is -1.85. The summed E-state index contributed by atoms with van der Waals surface area (Å²) in [7, 11) is 1.62. The SMILES string of the molecule is CC(=O)C1CCN(Cc2ccc(OCc3cc(-c4ccccc4)c(C(F)(F)P)s3)c(Cl)c2)C1. The predicted molar refractivity (Wildman–Crippen MR) is 133 cm³/mol. The molecule has 1 fully saturated rings. The van der Waals surface area contributed by atoms with Crippen molar-refractivity contribution in [2.75, 3.05) is 13.1 Å². The number of carbonyl (C=O) groups is 1. The Labute approximate surface area is 203 Å². The van der Waals surface area contributed by atoms with Crippen LogP contribution in [0.5, 0.6) is 5.75 Å². The monoisotopic (exact) mass is 507 g/mol. The summed E-state index contributed by atoms with van der Waals surface area (Å²) in [5.41, 5.74) is -0.725. The van der Waals surface area contributed by atoms with Crippen molar-refractivity contribution in [1.29, 1.82) is 0 Å². The molecule has 2 unspecified atom stereocenters. The highest BCUT2D eigenvalue weighted by Gasteiger charge is 2.31. The van der Waals surface area contributed by atoms with Crippen molar-refractivity contribution in [2.24, 2.45) is 5.92 Å². The van der Waals surface area contributed by atoms with E-state index in [1.54, 1.807) is 22.2 Å². The number of hydrogen-bond acceptors (Lipinski definition) is 4. The molecule has 1 aliphatic rings. The Bertz CT molecular complexity index is 1130. The van der Waals surface area contributed by atoms with Crippen molar-refractivity contribution < 1.29 is 18.3 Å². The van der Waals surface area contributed by atoms with Gasteiger partial charge in [-0.05, 0) is 49.2 Å². The molecular weight excluding hydrogens is 483 g/mol. The summed E-state index contributed by atoms with van der Waals surface area (Å²) < 4.78 is 34.3. The smallest absolute Gasteiger partial charge is 0.293 e. The van der Waals surface area contributed by atoms with Crippen LogP contribution in [-0.4, -0.2) is 23.8 Å². The van der Waals surface area contributed by atoms with Gasteiger partial charge in [0.15, 0.2) is 0 Å². The van der Waals surface area contributed by atoms with E-state index < -0.39 is 5.66 Å². The molecule has 3 nitrogen and oxygen atoms in total. The second-order valence-corrected chi connectivity index (χ2v) is 10.6. The minimum atomic E-state index is -3.02. The first-order valence-electron chi connectivity index (χ1n) is 10.7. The van der Waals surface area contributed by atoms with E-state index in [9.17, 15) is 13.6 Å². The summed E-state index contributed by atoms with van der Waals surface area (Å²) in [6, 6.07) is 16.5. The van der Waals surface area contributed by atoms with Gasteiger partial charge < -0.3 is 4.74 Å². The third-order valence-electron chi connectivity index (χ3n) is 5.79. The number of nitrogens with zero attached hydrogens (tertiary/aromatic N) is 1. The van der Waals surface area contributed by atoms with E-state index >= 15 is 0 Å². The van der Waals surface area contributed by atoms with Crippen molar-refractivity contribution in [3.05, 3.63) is 74.9 Å². The van der Waals surface area contributed by atoms with Gasteiger partial charge in [-0.3, -0.25) is 9.69 Å². The summed E-state index contributed by atoms with van der Waals surface area (Å²) >= 11 is 7.49. The van der Waals surface area contributed by atoms with Gasteiger partial charge in [0.05, 0.1) is 9.90 Å². The minimum Gasteiger partial charge on any atom is -0.487 e. The fourth-order valence-corrected chi connectivity index (χ4v) is 5.64. The van der Waals surface area contributed by atoms with Gasteiger partial charge in [-0.1, -0.05) is 57.2 Å².